The van der Waals surface area contributed by atoms with Gasteiger partial charge in [-0.1, -0.05) is 6.92 Å². The minimum atomic E-state index is -1.00. The minimum absolute atomic E-state index is 0.275. The molecule has 2 unspecified atom stereocenters. The second-order valence-electron chi connectivity index (χ2n) is 4.31. The maximum absolute atomic E-state index is 10.9. The Morgan fingerprint density at radius 1 is 1.50 bits per heavy atom. The zero-order chi connectivity index (χ0) is 13.3. The van der Waals surface area contributed by atoms with Gasteiger partial charge in [-0.2, -0.15) is 0 Å². The Kier molecular flexibility index (Phi) is 3.25. The van der Waals surface area contributed by atoms with E-state index in [1.807, 2.05) is 18.2 Å². The molecule has 0 saturated heterocycles. The van der Waals surface area contributed by atoms with Crippen molar-refractivity contribution in [1.29, 1.82) is 0 Å². The summed E-state index contributed by atoms with van der Waals surface area (Å²) < 4.78 is 5.17. The highest BCUT2D eigenvalue weighted by molar-refractivity contribution is 5.86. The van der Waals surface area contributed by atoms with Crippen LogP contribution in [0.25, 0.3) is 10.9 Å². The van der Waals surface area contributed by atoms with Gasteiger partial charge in [-0.05, 0) is 23.8 Å². The number of aliphatic carboxylic acids is 1. The molecule has 1 aromatic heterocycles. The van der Waals surface area contributed by atoms with E-state index in [1.54, 1.807) is 20.2 Å². The lowest BCUT2D eigenvalue weighted by Gasteiger charge is -2.15. The summed E-state index contributed by atoms with van der Waals surface area (Å²) in [5, 5.41) is 9.91. The zero-order valence-corrected chi connectivity index (χ0v) is 10.3. The molecule has 5 nitrogen and oxygen atoms in total. The Balaban J connectivity index is 2.47. The predicted molar refractivity (Wildman–Crippen MR) is 68.9 cm³/mol. The summed E-state index contributed by atoms with van der Waals surface area (Å²) in [4.78, 5) is 14.0. The van der Waals surface area contributed by atoms with Gasteiger partial charge >= 0.3 is 5.97 Å². The molecule has 1 heterocycles. The van der Waals surface area contributed by atoms with Gasteiger partial charge in [0.2, 0.25) is 0 Å². The number of hydrogen-bond donors (Lipinski definition) is 3. The molecule has 0 bridgehead atoms. The number of carboxylic acid groups (broad SMARTS) is 1. The van der Waals surface area contributed by atoms with E-state index in [4.69, 9.17) is 15.6 Å². The minimum Gasteiger partial charge on any atom is -0.497 e. The molecule has 0 aliphatic heterocycles. The molecule has 2 rings (SSSR count). The quantitative estimate of drug-likeness (QED) is 0.768. The van der Waals surface area contributed by atoms with Crippen molar-refractivity contribution in [2.75, 3.05) is 7.11 Å². The van der Waals surface area contributed by atoms with E-state index in [9.17, 15) is 4.79 Å². The summed E-state index contributed by atoms with van der Waals surface area (Å²) in [7, 11) is 1.60. The molecule has 0 aliphatic carbocycles. The van der Waals surface area contributed by atoms with E-state index < -0.39 is 12.0 Å². The van der Waals surface area contributed by atoms with Gasteiger partial charge < -0.3 is 20.6 Å². The highest BCUT2D eigenvalue weighted by Gasteiger charge is 2.23. The molecular weight excluding hydrogens is 232 g/mol. The van der Waals surface area contributed by atoms with Gasteiger partial charge in [-0.15, -0.1) is 0 Å². The SMILES string of the molecule is COc1ccc2[nH]cc(C(C)C(N)C(=O)O)c2c1. The number of aromatic amines is 1. The average molecular weight is 248 g/mol. The van der Waals surface area contributed by atoms with Crippen LogP contribution in [0.5, 0.6) is 5.75 Å². The van der Waals surface area contributed by atoms with Crippen LogP contribution in [-0.4, -0.2) is 29.2 Å². The van der Waals surface area contributed by atoms with Crippen molar-refractivity contribution >= 4 is 16.9 Å². The second-order valence-corrected chi connectivity index (χ2v) is 4.31. The monoisotopic (exact) mass is 248 g/mol. The summed E-state index contributed by atoms with van der Waals surface area (Å²) in [5.74, 6) is -0.539. The summed E-state index contributed by atoms with van der Waals surface area (Å²) in [6, 6.07) is 4.71. The summed E-state index contributed by atoms with van der Waals surface area (Å²) in [6.45, 7) is 1.81. The van der Waals surface area contributed by atoms with E-state index in [2.05, 4.69) is 4.98 Å². The van der Waals surface area contributed by atoms with Crippen molar-refractivity contribution in [2.24, 2.45) is 5.73 Å². The normalized spacial score (nSPS) is 14.4. The number of nitrogens with one attached hydrogen (secondary N) is 1. The number of H-pyrrole nitrogens is 1. The fourth-order valence-corrected chi connectivity index (χ4v) is 2.03. The van der Waals surface area contributed by atoms with Crippen molar-refractivity contribution in [2.45, 2.75) is 18.9 Å². The predicted octanol–water partition coefficient (Wildman–Crippen LogP) is 1.69. The molecule has 2 aromatic rings. The topological polar surface area (TPSA) is 88.3 Å². The number of carboxylic acids is 1. The van der Waals surface area contributed by atoms with Gasteiger partial charge in [0.25, 0.3) is 0 Å². The first-order valence-electron chi connectivity index (χ1n) is 5.68. The van der Waals surface area contributed by atoms with E-state index in [-0.39, 0.29) is 5.92 Å². The number of hydrogen-bond acceptors (Lipinski definition) is 3. The lowest BCUT2D eigenvalue weighted by molar-refractivity contribution is -0.138. The molecule has 0 aliphatic rings. The fourth-order valence-electron chi connectivity index (χ4n) is 2.03. The van der Waals surface area contributed by atoms with Gasteiger partial charge in [-0.25, -0.2) is 0 Å². The molecular formula is C13H16N2O3. The van der Waals surface area contributed by atoms with Crippen molar-refractivity contribution in [1.82, 2.24) is 4.98 Å². The third-order valence-corrected chi connectivity index (χ3v) is 3.24. The lowest BCUT2D eigenvalue weighted by atomic mass is 9.93. The van der Waals surface area contributed by atoms with Crippen LogP contribution < -0.4 is 10.5 Å². The Labute approximate surface area is 105 Å². The third-order valence-electron chi connectivity index (χ3n) is 3.24. The van der Waals surface area contributed by atoms with Gasteiger partial charge in [0.05, 0.1) is 7.11 Å². The van der Waals surface area contributed by atoms with E-state index >= 15 is 0 Å². The Morgan fingerprint density at radius 2 is 2.22 bits per heavy atom. The number of carbonyl (C=O) groups is 1. The summed E-state index contributed by atoms with van der Waals surface area (Å²) in [5.41, 5.74) is 7.50. The van der Waals surface area contributed by atoms with Gasteiger partial charge in [0.1, 0.15) is 11.8 Å². The molecule has 0 amide bonds. The first-order chi connectivity index (χ1) is 8.54. The lowest BCUT2D eigenvalue weighted by Crippen LogP contribution is -2.35. The molecule has 0 saturated carbocycles. The number of fused-ring (bicyclic) bond motifs is 1. The van der Waals surface area contributed by atoms with E-state index in [1.165, 1.54) is 0 Å². The molecule has 0 fully saturated rings. The van der Waals surface area contributed by atoms with Crippen LogP contribution in [0.4, 0.5) is 0 Å². The third kappa shape index (κ3) is 2.04. The van der Waals surface area contributed by atoms with Crippen LogP contribution >= 0.6 is 0 Å². The van der Waals surface area contributed by atoms with Gasteiger partial charge in [0.15, 0.2) is 0 Å². The van der Waals surface area contributed by atoms with Gasteiger partial charge in [0, 0.05) is 23.0 Å². The molecule has 0 spiro atoms. The standard InChI is InChI=1S/C13H16N2O3/c1-7(12(14)13(16)17)10-6-15-11-4-3-8(18-2)5-9(10)11/h3-7,12,15H,14H2,1-2H3,(H,16,17). The van der Waals surface area contributed by atoms with Crippen LogP contribution in [0, 0.1) is 0 Å². The summed E-state index contributed by atoms with van der Waals surface area (Å²) in [6.07, 6.45) is 1.80. The van der Waals surface area contributed by atoms with Crippen LogP contribution in [0.1, 0.15) is 18.4 Å². The number of rotatable bonds is 4. The number of nitrogens with two attached hydrogens (primary N) is 1. The Morgan fingerprint density at radius 3 is 2.83 bits per heavy atom. The second kappa shape index (κ2) is 4.70. The largest absolute Gasteiger partial charge is 0.497 e. The molecule has 5 heteroatoms. The molecule has 4 N–H and O–H groups in total. The number of benzene rings is 1. The maximum atomic E-state index is 10.9. The van der Waals surface area contributed by atoms with Gasteiger partial charge in [-0.3, -0.25) is 4.79 Å². The fraction of sp³-hybridized carbons (Fsp3) is 0.308. The Hall–Kier alpha value is -2.01. The average Bonchev–Trinajstić information content (AvgIpc) is 2.79. The Bertz CT molecular complexity index is 577. The van der Waals surface area contributed by atoms with E-state index in [0.29, 0.717) is 0 Å². The van der Waals surface area contributed by atoms with Crippen molar-refractivity contribution in [3.8, 4) is 5.75 Å². The number of methoxy groups -OCH3 is 1. The van der Waals surface area contributed by atoms with Crippen LogP contribution in [0.15, 0.2) is 24.4 Å². The van der Waals surface area contributed by atoms with Crippen LogP contribution in [0.3, 0.4) is 0 Å². The highest BCUT2D eigenvalue weighted by Crippen LogP contribution is 2.29. The first kappa shape index (κ1) is 12.4. The van der Waals surface area contributed by atoms with Crippen molar-refractivity contribution < 1.29 is 14.6 Å². The summed E-state index contributed by atoms with van der Waals surface area (Å²) >= 11 is 0. The zero-order valence-electron chi connectivity index (χ0n) is 10.3. The molecule has 1 aromatic carbocycles. The van der Waals surface area contributed by atoms with Crippen LogP contribution in [-0.2, 0) is 4.79 Å². The number of aromatic nitrogens is 1. The maximum Gasteiger partial charge on any atom is 0.321 e. The molecule has 18 heavy (non-hydrogen) atoms. The first-order valence-corrected chi connectivity index (χ1v) is 5.68. The number of ether oxygens (including phenoxy) is 1. The molecule has 0 radical (unpaired) electrons. The van der Waals surface area contributed by atoms with Crippen molar-refractivity contribution in [3.63, 3.8) is 0 Å². The molecule has 96 valence electrons. The highest BCUT2D eigenvalue weighted by atomic mass is 16.5. The van der Waals surface area contributed by atoms with Crippen LogP contribution in [0.2, 0.25) is 0 Å². The van der Waals surface area contributed by atoms with Crippen molar-refractivity contribution in [3.05, 3.63) is 30.0 Å². The molecule has 2 atom stereocenters. The smallest absolute Gasteiger partial charge is 0.321 e. The van der Waals surface area contributed by atoms with E-state index in [0.717, 1.165) is 22.2 Å².